The molecule has 226 valence electrons. The molecular formula is C36H37N3O4S. The molecule has 0 unspecified atom stereocenters. The van der Waals surface area contributed by atoms with Gasteiger partial charge in [0.05, 0.1) is 27.6 Å². The van der Waals surface area contributed by atoms with Gasteiger partial charge in [-0.05, 0) is 92.7 Å². The molecule has 0 spiro atoms. The lowest BCUT2D eigenvalue weighted by atomic mass is 9.90. The predicted molar refractivity (Wildman–Crippen MR) is 172 cm³/mol. The Labute approximate surface area is 259 Å². The van der Waals surface area contributed by atoms with Crippen molar-refractivity contribution in [3.8, 4) is 0 Å². The fourth-order valence-corrected chi connectivity index (χ4v) is 7.87. The van der Waals surface area contributed by atoms with Gasteiger partial charge in [0.15, 0.2) is 0 Å². The quantitative estimate of drug-likeness (QED) is 0.245. The summed E-state index contributed by atoms with van der Waals surface area (Å²) in [5, 5.41) is 3.00. The molecule has 0 atom stereocenters. The Kier molecular flexibility index (Phi) is 8.91. The zero-order valence-electron chi connectivity index (χ0n) is 24.7. The highest BCUT2D eigenvalue weighted by Crippen LogP contribution is 2.38. The van der Waals surface area contributed by atoms with E-state index in [0.29, 0.717) is 18.0 Å². The van der Waals surface area contributed by atoms with Crippen LogP contribution in [0.15, 0.2) is 113 Å². The molecule has 6 rings (SSSR count). The third-order valence-corrected chi connectivity index (χ3v) is 10.5. The molecule has 7 nitrogen and oxygen atoms in total. The van der Waals surface area contributed by atoms with Gasteiger partial charge >= 0.3 is 0 Å². The first-order chi connectivity index (χ1) is 21.4. The molecule has 1 saturated heterocycles. The Balaban J connectivity index is 1.12. The second-order valence-electron chi connectivity index (χ2n) is 11.6. The Bertz CT molecular complexity index is 1730. The molecule has 0 radical (unpaired) electrons. The van der Waals surface area contributed by atoms with E-state index in [2.05, 4.69) is 40.5 Å². The molecule has 2 amide bonds. The van der Waals surface area contributed by atoms with Gasteiger partial charge in [-0.1, -0.05) is 72.8 Å². The van der Waals surface area contributed by atoms with Crippen LogP contribution in [0, 0.1) is 5.92 Å². The average molecular weight is 608 g/mol. The normalized spacial score (nSPS) is 16.5. The van der Waals surface area contributed by atoms with E-state index in [-0.39, 0.29) is 33.5 Å². The van der Waals surface area contributed by atoms with Crippen LogP contribution >= 0.6 is 0 Å². The highest BCUT2D eigenvalue weighted by Gasteiger charge is 2.36. The Morgan fingerprint density at radius 3 is 2.18 bits per heavy atom. The number of sulfone groups is 1. The van der Waals surface area contributed by atoms with Crippen LogP contribution < -0.4 is 10.2 Å². The number of benzene rings is 4. The van der Waals surface area contributed by atoms with Gasteiger partial charge in [-0.25, -0.2) is 8.42 Å². The maximum atomic E-state index is 13.8. The van der Waals surface area contributed by atoms with E-state index in [4.69, 9.17) is 0 Å². The first-order valence-corrected chi connectivity index (χ1v) is 16.8. The van der Waals surface area contributed by atoms with Crippen molar-refractivity contribution in [1.82, 2.24) is 10.2 Å². The number of fused-ring (bicyclic) bond motifs is 2. The summed E-state index contributed by atoms with van der Waals surface area (Å²) in [6, 6.07) is 30.9. The van der Waals surface area contributed by atoms with Crippen molar-refractivity contribution in [2.75, 3.05) is 31.1 Å². The van der Waals surface area contributed by atoms with Crippen LogP contribution in [-0.2, 0) is 22.8 Å². The Morgan fingerprint density at radius 1 is 0.795 bits per heavy atom. The smallest absolute Gasteiger partial charge is 0.259 e. The number of rotatable bonds is 9. The van der Waals surface area contributed by atoms with E-state index in [1.54, 1.807) is 18.2 Å². The molecule has 1 N–H and O–H groups in total. The van der Waals surface area contributed by atoms with Crippen molar-refractivity contribution in [2.24, 2.45) is 5.92 Å². The van der Waals surface area contributed by atoms with Gasteiger partial charge < -0.3 is 15.1 Å². The summed E-state index contributed by atoms with van der Waals surface area (Å²) in [6.45, 7) is 3.73. The molecule has 2 aliphatic rings. The lowest BCUT2D eigenvalue weighted by molar-refractivity contribution is 0.0947. The van der Waals surface area contributed by atoms with E-state index in [9.17, 15) is 18.0 Å². The van der Waals surface area contributed by atoms with E-state index in [1.807, 2.05) is 30.3 Å². The standard InChI is InChI=1S/C36H37N3O4S/c40-35(37-20-9-21-38-22-18-28(19-23-38)24-27-10-3-1-4-11-27)30-16-17-34-32(25-30)39(26-29-12-5-2-6-13-29)36(41)31-14-7-8-15-33(31)44(34,42)43/h1-8,10-17,25,28H,9,18-24,26H2,(H,37,40). The van der Waals surface area contributed by atoms with Crippen LogP contribution in [0.3, 0.4) is 0 Å². The van der Waals surface area contributed by atoms with Gasteiger partial charge in [0.2, 0.25) is 9.84 Å². The van der Waals surface area contributed by atoms with Gasteiger partial charge in [-0.3, -0.25) is 9.59 Å². The zero-order chi connectivity index (χ0) is 30.5. The van der Waals surface area contributed by atoms with Crippen LogP contribution in [0.25, 0.3) is 0 Å². The summed E-state index contributed by atoms with van der Waals surface area (Å²) in [5.41, 5.74) is 2.90. The number of carbonyl (C=O) groups is 2. The van der Waals surface area contributed by atoms with E-state index in [1.165, 1.54) is 47.6 Å². The Morgan fingerprint density at radius 2 is 1.45 bits per heavy atom. The summed E-state index contributed by atoms with van der Waals surface area (Å²) in [4.78, 5) is 31.0. The lowest BCUT2D eigenvalue weighted by Gasteiger charge is -2.32. The minimum atomic E-state index is -3.99. The molecule has 1 fully saturated rings. The number of nitrogens with one attached hydrogen (secondary N) is 1. The van der Waals surface area contributed by atoms with Crippen LogP contribution in [0.2, 0.25) is 0 Å². The molecular weight excluding hydrogens is 570 g/mol. The average Bonchev–Trinajstić information content (AvgIpc) is 3.12. The molecule has 0 bridgehead atoms. The largest absolute Gasteiger partial charge is 0.352 e. The van der Waals surface area contributed by atoms with Gasteiger partial charge in [-0.2, -0.15) is 0 Å². The van der Waals surface area contributed by atoms with Crippen molar-refractivity contribution in [1.29, 1.82) is 0 Å². The summed E-state index contributed by atoms with van der Waals surface area (Å²) in [6.07, 6.45) is 4.32. The highest BCUT2D eigenvalue weighted by atomic mass is 32.2. The first kappa shape index (κ1) is 29.8. The van der Waals surface area contributed by atoms with Gasteiger partial charge in [-0.15, -0.1) is 0 Å². The second-order valence-corrected chi connectivity index (χ2v) is 13.5. The molecule has 2 aliphatic heterocycles. The number of nitrogens with zero attached hydrogens (tertiary/aromatic N) is 2. The monoisotopic (exact) mass is 607 g/mol. The van der Waals surface area contributed by atoms with Crippen molar-refractivity contribution in [3.63, 3.8) is 0 Å². The number of amides is 2. The van der Waals surface area contributed by atoms with Crippen molar-refractivity contribution in [3.05, 3.63) is 125 Å². The van der Waals surface area contributed by atoms with Crippen LogP contribution in [-0.4, -0.2) is 51.3 Å². The molecule has 4 aromatic carbocycles. The highest BCUT2D eigenvalue weighted by molar-refractivity contribution is 7.91. The minimum absolute atomic E-state index is 0.0129. The number of likely N-dealkylation sites (tertiary alicyclic amines) is 1. The number of carbonyl (C=O) groups excluding carboxylic acids is 2. The summed E-state index contributed by atoms with van der Waals surface area (Å²) < 4.78 is 27.5. The number of hydrogen-bond donors (Lipinski definition) is 1. The first-order valence-electron chi connectivity index (χ1n) is 15.3. The summed E-state index contributed by atoms with van der Waals surface area (Å²) in [5.74, 6) is 0.00372. The van der Waals surface area contributed by atoms with Crippen molar-refractivity contribution >= 4 is 27.3 Å². The van der Waals surface area contributed by atoms with Crippen molar-refractivity contribution < 1.29 is 18.0 Å². The number of piperidine rings is 1. The second kappa shape index (κ2) is 13.2. The minimum Gasteiger partial charge on any atom is -0.352 e. The fraction of sp³-hybridized carbons (Fsp3) is 0.278. The third kappa shape index (κ3) is 6.47. The molecule has 44 heavy (non-hydrogen) atoms. The predicted octanol–water partition coefficient (Wildman–Crippen LogP) is 5.75. The molecule has 0 aliphatic carbocycles. The maximum Gasteiger partial charge on any atom is 0.259 e. The molecule has 0 saturated carbocycles. The van der Waals surface area contributed by atoms with Crippen LogP contribution in [0.5, 0.6) is 0 Å². The SMILES string of the molecule is O=C(NCCCN1CCC(Cc2ccccc2)CC1)c1ccc2c(c1)N(Cc1ccccc1)C(=O)c1ccccc1S2(=O)=O. The maximum absolute atomic E-state index is 13.8. The van der Waals surface area contributed by atoms with E-state index < -0.39 is 15.7 Å². The van der Waals surface area contributed by atoms with Crippen LogP contribution in [0.4, 0.5) is 5.69 Å². The summed E-state index contributed by atoms with van der Waals surface area (Å²) in [7, 11) is -3.99. The lowest BCUT2D eigenvalue weighted by Crippen LogP contribution is -2.36. The van der Waals surface area contributed by atoms with E-state index in [0.717, 1.165) is 38.0 Å². The molecule has 2 heterocycles. The molecule has 0 aromatic heterocycles. The summed E-state index contributed by atoms with van der Waals surface area (Å²) >= 11 is 0. The number of hydrogen-bond acceptors (Lipinski definition) is 5. The number of anilines is 1. The van der Waals surface area contributed by atoms with Gasteiger partial charge in [0.1, 0.15) is 0 Å². The molecule has 8 heteroatoms. The third-order valence-electron chi connectivity index (χ3n) is 8.65. The molecule has 4 aromatic rings. The van der Waals surface area contributed by atoms with Gasteiger partial charge in [0, 0.05) is 12.1 Å². The van der Waals surface area contributed by atoms with Crippen molar-refractivity contribution in [2.45, 2.75) is 42.0 Å². The van der Waals surface area contributed by atoms with Crippen LogP contribution in [0.1, 0.15) is 51.1 Å². The Hall–Kier alpha value is -4.27. The van der Waals surface area contributed by atoms with Gasteiger partial charge in [0.25, 0.3) is 11.8 Å². The van der Waals surface area contributed by atoms with E-state index >= 15 is 0 Å². The topological polar surface area (TPSA) is 86.8 Å². The zero-order valence-corrected chi connectivity index (χ0v) is 25.5. The fourth-order valence-electron chi connectivity index (χ4n) is 6.24.